The normalized spacial score (nSPS) is 13.7. The second kappa shape index (κ2) is 6.83. The SMILES string of the molecule is CCCC(C)C(=O)NCC(C)(C)CCN. The fraction of sp³-hybridized carbons (Fsp3) is 0.917. The van der Waals surface area contributed by atoms with Gasteiger partial charge in [-0.3, -0.25) is 4.79 Å². The van der Waals surface area contributed by atoms with Gasteiger partial charge in [0.15, 0.2) is 0 Å². The van der Waals surface area contributed by atoms with Crippen molar-refractivity contribution in [3.8, 4) is 0 Å². The van der Waals surface area contributed by atoms with Crippen LogP contribution in [0.4, 0.5) is 0 Å². The number of carbonyl (C=O) groups is 1. The van der Waals surface area contributed by atoms with Gasteiger partial charge < -0.3 is 11.1 Å². The van der Waals surface area contributed by atoms with E-state index in [1.807, 2.05) is 6.92 Å². The average Bonchev–Trinajstić information content (AvgIpc) is 2.14. The van der Waals surface area contributed by atoms with Crippen LogP contribution in [0.1, 0.15) is 47.0 Å². The van der Waals surface area contributed by atoms with Crippen molar-refractivity contribution in [1.82, 2.24) is 5.32 Å². The Labute approximate surface area is 93.8 Å². The zero-order chi connectivity index (χ0) is 11.9. The average molecular weight is 214 g/mol. The van der Waals surface area contributed by atoms with E-state index in [-0.39, 0.29) is 17.2 Å². The minimum atomic E-state index is 0.107. The second-order valence-corrected chi connectivity index (χ2v) is 5.11. The fourth-order valence-corrected chi connectivity index (χ4v) is 1.54. The lowest BCUT2D eigenvalue weighted by atomic mass is 9.89. The van der Waals surface area contributed by atoms with Crippen LogP contribution in [0.2, 0.25) is 0 Å². The van der Waals surface area contributed by atoms with E-state index in [1.165, 1.54) is 0 Å². The van der Waals surface area contributed by atoms with E-state index in [9.17, 15) is 4.79 Å². The lowest BCUT2D eigenvalue weighted by Gasteiger charge is -2.25. The summed E-state index contributed by atoms with van der Waals surface area (Å²) in [5, 5.41) is 3.00. The lowest BCUT2D eigenvalue weighted by molar-refractivity contribution is -0.125. The molecule has 0 rings (SSSR count). The highest BCUT2D eigenvalue weighted by Gasteiger charge is 2.19. The van der Waals surface area contributed by atoms with Gasteiger partial charge >= 0.3 is 0 Å². The van der Waals surface area contributed by atoms with E-state index >= 15 is 0 Å². The first-order chi connectivity index (χ1) is 6.93. The van der Waals surface area contributed by atoms with Crippen LogP contribution >= 0.6 is 0 Å². The number of hydrogen-bond acceptors (Lipinski definition) is 2. The van der Waals surface area contributed by atoms with Crippen LogP contribution in [0, 0.1) is 11.3 Å². The number of amides is 1. The van der Waals surface area contributed by atoms with Crippen molar-refractivity contribution in [1.29, 1.82) is 0 Å². The molecule has 1 unspecified atom stereocenters. The predicted molar refractivity (Wildman–Crippen MR) is 64.5 cm³/mol. The molecular weight excluding hydrogens is 188 g/mol. The molecule has 3 nitrogen and oxygen atoms in total. The minimum Gasteiger partial charge on any atom is -0.355 e. The molecule has 15 heavy (non-hydrogen) atoms. The number of rotatable bonds is 7. The first kappa shape index (κ1) is 14.4. The van der Waals surface area contributed by atoms with Gasteiger partial charge in [-0.25, -0.2) is 0 Å². The molecular formula is C12H26N2O. The summed E-state index contributed by atoms with van der Waals surface area (Å²) >= 11 is 0. The summed E-state index contributed by atoms with van der Waals surface area (Å²) in [6, 6.07) is 0. The summed E-state index contributed by atoms with van der Waals surface area (Å²) in [7, 11) is 0. The van der Waals surface area contributed by atoms with Crippen LogP contribution in [0.3, 0.4) is 0 Å². The maximum absolute atomic E-state index is 11.6. The van der Waals surface area contributed by atoms with Gasteiger partial charge in [0.1, 0.15) is 0 Å². The molecule has 0 bridgehead atoms. The van der Waals surface area contributed by atoms with Gasteiger partial charge in [-0.05, 0) is 24.8 Å². The van der Waals surface area contributed by atoms with Crippen molar-refractivity contribution in [3.63, 3.8) is 0 Å². The summed E-state index contributed by atoms with van der Waals surface area (Å²) in [6.45, 7) is 9.73. The van der Waals surface area contributed by atoms with E-state index in [0.717, 1.165) is 25.8 Å². The Hall–Kier alpha value is -0.570. The van der Waals surface area contributed by atoms with Crippen LogP contribution in [0.25, 0.3) is 0 Å². The number of carbonyl (C=O) groups excluding carboxylic acids is 1. The molecule has 0 heterocycles. The quantitative estimate of drug-likeness (QED) is 0.680. The van der Waals surface area contributed by atoms with Crippen molar-refractivity contribution in [3.05, 3.63) is 0 Å². The Morgan fingerprint density at radius 2 is 2.07 bits per heavy atom. The van der Waals surface area contributed by atoms with Crippen LogP contribution in [0.5, 0.6) is 0 Å². The summed E-state index contributed by atoms with van der Waals surface area (Å²) < 4.78 is 0. The molecule has 0 aromatic rings. The van der Waals surface area contributed by atoms with Gasteiger partial charge in [-0.15, -0.1) is 0 Å². The molecule has 0 saturated carbocycles. The summed E-state index contributed by atoms with van der Waals surface area (Å²) in [6.07, 6.45) is 2.96. The molecule has 0 aromatic carbocycles. The molecule has 1 amide bonds. The summed E-state index contributed by atoms with van der Waals surface area (Å²) in [4.78, 5) is 11.6. The molecule has 90 valence electrons. The van der Waals surface area contributed by atoms with Crippen molar-refractivity contribution in [2.45, 2.75) is 47.0 Å². The topological polar surface area (TPSA) is 55.1 Å². The van der Waals surface area contributed by atoms with Gasteiger partial charge in [-0.2, -0.15) is 0 Å². The Bertz CT molecular complexity index is 190. The predicted octanol–water partition coefficient (Wildman–Crippen LogP) is 1.91. The summed E-state index contributed by atoms with van der Waals surface area (Å²) in [5.41, 5.74) is 5.62. The van der Waals surface area contributed by atoms with Gasteiger partial charge in [0, 0.05) is 12.5 Å². The van der Waals surface area contributed by atoms with Crippen molar-refractivity contribution < 1.29 is 4.79 Å². The molecule has 0 aliphatic heterocycles. The Morgan fingerprint density at radius 3 is 2.53 bits per heavy atom. The van der Waals surface area contributed by atoms with E-state index in [0.29, 0.717) is 6.54 Å². The van der Waals surface area contributed by atoms with Crippen LogP contribution in [0.15, 0.2) is 0 Å². The van der Waals surface area contributed by atoms with E-state index in [2.05, 4.69) is 26.1 Å². The molecule has 0 aromatic heterocycles. The first-order valence-corrected chi connectivity index (χ1v) is 5.90. The molecule has 3 heteroatoms. The van der Waals surface area contributed by atoms with E-state index in [1.54, 1.807) is 0 Å². The smallest absolute Gasteiger partial charge is 0.222 e. The van der Waals surface area contributed by atoms with Gasteiger partial charge in [0.05, 0.1) is 0 Å². The zero-order valence-electron chi connectivity index (χ0n) is 10.6. The van der Waals surface area contributed by atoms with Crippen molar-refractivity contribution in [2.75, 3.05) is 13.1 Å². The molecule has 0 aliphatic rings. The van der Waals surface area contributed by atoms with Crippen molar-refractivity contribution >= 4 is 5.91 Å². The molecule has 0 saturated heterocycles. The largest absolute Gasteiger partial charge is 0.355 e. The van der Waals surface area contributed by atoms with Gasteiger partial charge in [0.25, 0.3) is 0 Å². The van der Waals surface area contributed by atoms with Crippen molar-refractivity contribution in [2.24, 2.45) is 17.1 Å². The van der Waals surface area contributed by atoms with Gasteiger partial charge in [0.2, 0.25) is 5.91 Å². The monoisotopic (exact) mass is 214 g/mol. The molecule has 3 N–H and O–H groups in total. The van der Waals surface area contributed by atoms with Crippen LogP contribution in [-0.2, 0) is 4.79 Å². The highest BCUT2D eigenvalue weighted by molar-refractivity contribution is 5.78. The maximum Gasteiger partial charge on any atom is 0.222 e. The molecule has 0 aliphatic carbocycles. The fourth-order valence-electron chi connectivity index (χ4n) is 1.54. The molecule has 1 atom stereocenters. The van der Waals surface area contributed by atoms with Gasteiger partial charge in [-0.1, -0.05) is 34.1 Å². The number of hydrogen-bond donors (Lipinski definition) is 2. The first-order valence-electron chi connectivity index (χ1n) is 5.90. The maximum atomic E-state index is 11.6. The highest BCUT2D eigenvalue weighted by Crippen LogP contribution is 2.18. The standard InChI is InChI=1S/C12H26N2O/c1-5-6-10(2)11(15)14-9-12(3,4)7-8-13/h10H,5-9,13H2,1-4H3,(H,14,15). The van der Waals surface area contributed by atoms with Crippen LogP contribution in [-0.4, -0.2) is 19.0 Å². The second-order valence-electron chi connectivity index (χ2n) is 5.11. The third kappa shape index (κ3) is 6.50. The number of nitrogens with one attached hydrogen (secondary N) is 1. The minimum absolute atomic E-state index is 0.107. The lowest BCUT2D eigenvalue weighted by Crippen LogP contribution is -2.37. The molecule has 0 fully saturated rings. The molecule has 0 radical (unpaired) electrons. The van der Waals surface area contributed by atoms with E-state index < -0.39 is 0 Å². The third-order valence-corrected chi connectivity index (χ3v) is 2.73. The highest BCUT2D eigenvalue weighted by atomic mass is 16.1. The zero-order valence-corrected chi connectivity index (χ0v) is 10.6. The molecule has 0 spiro atoms. The number of nitrogens with two attached hydrogens (primary N) is 1. The summed E-state index contributed by atoms with van der Waals surface area (Å²) in [5.74, 6) is 0.297. The Kier molecular flexibility index (Phi) is 6.57. The van der Waals surface area contributed by atoms with E-state index in [4.69, 9.17) is 5.73 Å². The van der Waals surface area contributed by atoms with Crippen LogP contribution < -0.4 is 11.1 Å². The Balaban J connectivity index is 3.88. The Morgan fingerprint density at radius 1 is 1.47 bits per heavy atom. The third-order valence-electron chi connectivity index (χ3n) is 2.73.